The Bertz CT molecular complexity index is 236. The van der Waals surface area contributed by atoms with Crippen LogP contribution >= 0.6 is 24.8 Å². The molecule has 2 N–H and O–H groups in total. The van der Waals surface area contributed by atoms with Gasteiger partial charge in [0.25, 0.3) is 0 Å². The highest BCUT2D eigenvalue weighted by atomic mass is 35.5. The molecule has 4 aliphatic rings. The quantitative estimate of drug-likeness (QED) is 0.735. The van der Waals surface area contributed by atoms with E-state index >= 15 is 0 Å². The summed E-state index contributed by atoms with van der Waals surface area (Å²) >= 11 is 0. The third-order valence-corrected chi connectivity index (χ3v) is 5.27. The summed E-state index contributed by atoms with van der Waals surface area (Å²) in [6.45, 7) is 5.73. The van der Waals surface area contributed by atoms with Crippen molar-refractivity contribution in [2.24, 2.45) is 17.8 Å². The van der Waals surface area contributed by atoms with Gasteiger partial charge in [-0.1, -0.05) is 6.92 Å². The van der Waals surface area contributed by atoms with E-state index in [1.54, 1.807) is 19.3 Å². The fourth-order valence-electron chi connectivity index (χ4n) is 5.04. The maximum atomic E-state index is 3.92. The van der Waals surface area contributed by atoms with Crippen molar-refractivity contribution < 1.29 is 0 Å². The summed E-state index contributed by atoms with van der Waals surface area (Å²) < 4.78 is 0. The predicted molar refractivity (Wildman–Crippen MR) is 86.6 cm³/mol. The highest BCUT2D eigenvalue weighted by Gasteiger charge is 2.50. The van der Waals surface area contributed by atoms with Gasteiger partial charge in [0, 0.05) is 18.6 Å². The molecule has 0 aromatic carbocycles. The molecule has 19 heavy (non-hydrogen) atoms. The topological polar surface area (TPSA) is 24.1 Å². The maximum absolute atomic E-state index is 3.92. The third-order valence-electron chi connectivity index (χ3n) is 5.27. The van der Waals surface area contributed by atoms with Crippen LogP contribution in [0.1, 0.15) is 51.9 Å². The molecule has 0 aliphatic heterocycles. The smallest absolute Gasteiger partial charge is 0.0190 e. The lowest BCUT2D eigenvalue weighted by atomic mass is 9.53. The third kappa shape index (κ3) is 4.00. The molecule has 0 amide bonds. The van der Waals surface area contributed by atoms with Gasteiger partial charge in [-0.05, 0) is 69.2 Å². The van der Waals surface area contributed by atoms with Crippen LogP contribution in [0.15, 0.2) is 0 Å². The van der Waals surface area contributed by atoms with E-state index in [-0.39, 0.29) is 24.8 Å². The van der Waals surface area contributed by atoms with Gasteiger partial charge in [-0.2, -0.15) is 0 Å². The van der Waals surface area contributed by atoms with Gasteiger partial charge in [0.15, 0.2) is 0 Å². The lowest BCUT2D eigenvalue weighted by Gasteiger charge is -2.57. The molecule has 0 radical (unpaired) electrons. The lowest BCUT2D eigenvalue weighted by molar-refractivity contribution is -0.0192. The highest BCUT2D eigenvalue weighted by Crippen LogP contribution is 2.55. The standard InChI is InChI=1S/C15H28N2.2ClH/c1-2-3-16-4-5-17-15-9-12-6-13(10-15)8-14(7-12)11-15;;/h12-14,16-17H,2-11H2,1H3;2*1H. The molecule has 0 unspecified atom stereocenters. The molecular formula is C15H30Cl2N2. The molecule has 4 aliphatic carbocycles. The Kier molecular flexibility index (Phi) is 6.92. The summed E-state index contributed by atoms with van der Waals surface area (Å²) in [6.07, 6.45) is 10.3. The summed E-state index contributed by atoms with van der Waals surface area (Å²) in [7, 11) is 0. The Morgan fingerprint density at radius 2 is 1.37 bits per heavy atom. The normalized spacial score (nSPS) is 38.7. The molecule has 0 atom stereocenters. The molecule has 0 spiro atoms. The number of halogens is 2. The second-order valence-electron chi connectivity index (χ2n) is 6.87. The Morgan fingerprint density at radius 1 is 0.842 bits per heavy atom. The first-order chi connectivity index (χ1) is 8.30. The molecule has 2 nitrogen and oxygen atoms in total. The van der Waals surface area contributed by atoms with Crippen molar-refractivity contribution >= 4 is 24.8 Å². The first-order valence-corrected chi connectivity index (χ1v) is 7.75. The van der Waals surface area contributed by atoms with Gasteiger partial charge in [0.1, 0.15) is 0 Å². The molecule has 114 valence electrons. The van der Waals surface area contributed by atoms with E-state index in [0.717, 1.165) is 24.3 Å². The van der Waals surface area contributed by atoms with Crippen molar-refractivity contribution in [2.45, 2.75) is 57.4 Å². The van der Waals surface area contributed by atoms with E-state index in [1.807, 2.05) is 0 Å². The zero-order valence-electron chi connectivity index (χ0n) is 12.1. The van der Waals surface area contributed by atoms with Crippen molar-refractivity contribution in [2.75, 3.05) is 19.6 Å². The molecule has 4 heteroatoms. The van der Waals surface area contributed by atoms with Crippen LogP contribution in [0, 0.1) is 17.8 Å². The van der Waals surface area contributed by atoms with Crippen LogP contribution < -0.4 is 10.6 Å². The van der Waals surface area contributed by atoms with Gasteiger partial charge < -0.3 is 10.6 Å². The van der Waals surface area contributed by atoms with Crippen molar-refractivity contribution in [3.63, 3.8) is 0 Å². The Labute approximate surface area is 130 Å². The van der Waals surface area contributed by atoms with Gasteiger partial charge in [-0.15, -0.1) is 24.8 Å². The zero-order chi connectivity index (χ0) is 11.7. The number of rotatable bonds is 6. The van der Waals surface area contributed by atoms with Gasteiger partial charge in [-0.25, -0.2) is 0 Å². The van der Waals surface area contributed by atoms with Crippen LogP contribution in [0.4, 0.5) is 0 Å². The summed E-state index contributed by atoms with van der Waals surface area (Å²) in [5.41, 5.74) is 0.558. The minimum Gasteiger partial charge on any atom is -0.315 e. The van der Waals surface area contributed by atoms with Crippen molar-refractivity contribution in [3.8, 4) is 0 Å². The second-order valence-corrected chi connectivity index (χ2v) is 6.87. The van der Waals surface area contributed by atoms with Crippen LogP contribution in [-0.4, -0.2) is 25.2 Å². The number of nitrogens with one attached hydrogen (secondary N) is 2. The second kappa shape index (κ2) is 7.49. The van der Waals surface area contributed by atoms with Crippen LogP contribution in [0.5, 0.6) is 0 Å². The van der Waals surface area contributed by atoms with E-state index in [9.17, 15) is 0 Å². The minimum absolute atomic E-state index is 0. The fourth-order valence-corrected chi connectivity index (χ4v) is 5.04. The molecule has 4 bridgehead atoms. The largest absolute Gasteiger partial charge is 0.315 e. The maximum Gasteiger partial charge on any atom is 0.0190 e. The molecule has 4 rings (SSSR count). The molecule has 4 fully saturated rings. The molecule has 0 aromatic rings. The van der Waals surface area contributed by atoms with E-state index in [4.69, 9.17) is 0 Å². The van der Waals surface area contributed by atoms with Crippen LogP contribution in [-0.2, 0) is 0 Å². The monoisotopic (exact) mass is 308 g/mol. The average Bonchev–Trinajstić information content (AvgIpc) is 2.26. The minimum atomic E-state index is 0. The number of hydrogen-bond acceptors (Lipinski definition) is 2. The lowest BCUT2D eigenvalue weighted by Crippen LogP contribution is -2.59. The number of hydrogen-bond donors (Lipinski definition) is 2. The van der Waals surface area contributed by atoms with Crippen LogP contribution in [0.2, 0.25) is 0 Å². The highest BCUT2D eigenvalue weighted by molar-refractivity contribution is 5.85. The SMILES string of the molecule is CCCNCCNC12CC3CC(CC(C3)C1)C2.Cl.Cl. The first kappa shape index (κ1) is 17.6. The van der Waals surface area contributed by atoms with Crippen molar-refractivity contribution in [3.05, 3.63) is 0 Å². The molecular weight excluding hydrogens is 279 g/mol. The van der Waals surface area contributed by atoms with Crippen LogP contribution in [0.3, 0.4) is 0 Å². The summed E-state index contributed by atoms with van der Waals surface area (Å²) in [6, 6.07) is 0. The van der Waals surface area contributed by atoms with E-state index in [0.29, 0.717) is 5.54 Å². The summed E-state index contributed by atoms with van der Waals surface area (Å²) in [4.78, 5) is 0. The van der Waals surface area contributed by atoms with Gasteiger partial charge in [0.2, 0.25) is 0 Å². The van der Waals surface area contributed by atoms with E-state index < -0.39 is 0 Å². The van der Waals surface area contributed by atoms with Crippen LogP contribution in [0.25, 0.3) is 0 Å². The Balaban J connectivity index is 0.000000902. The summed E-state index contributed by atoms with van der Waals surface area (Å²) in [5.74, 6) is 3.20. The fraction of sp³-hybridized carbons (Fsp3) is 1.00. The van der Waals surface area contributed by atoms with E-state index in [2.05, 4.69) is 17.6 Å². The predicted octanol–water partition coefficient (Wildman–Crippen LogP) is 3.39. The van der Waals surface area contributed by atoms with Gasteiger partial charge >= 0.3 is 0 Å². The molecule has 0 saturated heterocycles. The average molecular weight is 309 g/mol. The van der Waals surface area contributed by atoms with Gasteiger partial charge in [0.05, 0.1) is 0 Å². The summed E-state index contributed by atoms with van der Waals surface area (Å²) in [5, 5.41) is 7.43. The van der Waals surface area contributed by atoms with E-state index in [1.165, 1.54) is 38.8 Å². The Hall–Kier alpha value is 0.500. The molecule has 0 aromatic heterocycles. The molecule has 0 heterocycles. The molecule has 4 saturated carbocycles. The van der Waals surface area contributed by atoms with Crippen molar-refractivity contribution in [1.82, 2.24) is 10.6 Å². The Morgan fingerprint density at radius 3 is 1.84 bits per heavy atom. The van der Waals surface area contributed by atoms with Gasteiger partial charge in [-0.3, -0.25) is 0 Å². The zero-order valence-corrected chi connectivity index (χ0v) is 13.8. The van der Waals surface area contributed by atoms with Crippen molar-refractivity contribution in [1.29, 1.82) is 0 Å². The first-order valence-electron chi connectivity index (χ1n) is 7.75.